The molecule has 0 saturated carbocycles. The molecular formula is C17H21N5O. The minimum Gasteiger partial charge on any atom is -0.368 e. The van der Waals surface area contributed by atoms with Crippen LogP contribution in [-0.4, -0.2) is 41.9 Å². The third kappa shape index (κ3) is 3.32. The van der Waals surface area contributed by atoms with Crippen LogP contribution in [0.2, 0.25) is 0 Å². The number of aromatic nitrogens is 2. The Morgan fingerprint density at radius 1 is 1.35 bits per heavy atom. The van der Waals surface area contributed by atoms with E-state index in [4.69, 9.17) is 5.73 Å². The van der Waals surface area contributed by atoms with Gasteiger partial charge in [-0.1, -0.05) is 18.2 Å². The predicted octanol–water partition coefficient (Wildman–Crippen LogP) is 1.73. The van der Waals surface area contributed by atoms with E-state index in [1.165, 1.54) is 0 Å². The monoisotopic (exact) mass is 311 g/mol. The second-order valence-corrected chi connectivity index (χ2v) is 5.83. The molecule has 2 heterocycles. The lowest BCUT2D eigenvalue weighted by Crippen LogP contribution is -2.30. The Morgan fingerprint density at radius 3 is 2.87 bits per heavy atom. The van der Waals surface area contributed by atoms with Crippen LogP contribution in [0.25, 0.3) is 11.3 Å². The van der Waals surface area contributed by atoms with Crippen LogP contribution >= 0.6 is 0 Å². The number of nitrogens with two attached hydrogens (primary N) is 1. The van der Waals surface area contributed by atoms with Gasteiger partial charge in [0.25, 0.3) is 0 Å². The number of nitrogens with one attached hydrogen (secondary N) is 1. The van der Waals surface area contributed by atoms with Gasteiger partial charge in [-0.2, -0.15) is 4.98 Å². The quantitative estimate of drug-likeness (QED) is 0.837. The molecule has 0 aliphatic carbocycles. The fourth-order valence-electron chi connectivity index (χ4n) is 2.86. The van der Waals surface area contributed by atoms with Gasteiger partial charge in [0.2, 0.25) is 5.95 Å². The predicted molar refractivity (Wildman–Crippen MR) is 91.6 cm³/mol. The summed E-state index contributed by atoms with van der Waals surface area (Å²) in [6.45, 7) is 3.40. The minimum atomic E-state index is 0.0329. The molecule has 0 amide bonds. The number of carbonyl (C=O) groups is 1. The molecule has 6 nitrogen and oxygen atoms in total. The molecule has 3 N–H and O–H groups in total. The number of hydrogen-bond acceptors (Lipinski definition) is 6. The van der Waals surface area contributed by atoms with Crippen LogP contribution in [-0.2, 0) is 0 Å². The fraction of sp³-hybridized carbons (Fsp3) is 0.353. The Labute approximate surface area is 135 Å². The molecule has 2 aromatic rings. The maximum atomic E-state index is 11.6. The van der Waals surface area contributed by atoms with Crippen molar-refractivity contribution in [1.29, 1.82) is 0 Å². The second-order valence-electron chi connectivity index (χ2n) is 5.83. The summed E-state index contributed by atoms with van der Waals surface area (Å²) in [5.41, 5.74) is 8.17. The third-order valence-corrected chi connectivity index (χ3v) is 4.22. The minimum absolute atomic E-state index is 0.0329. The molecule has 0 bridgehead atoms. The summed E-state index contributed by atoms with van der Waals surface area (Å²) in [4.78, 5) is 22.5. The van der Waals surface area contributed by atoms with E-state index in [-0.39, 0.29) is 11.7 Å². The van der Waals surface area contributed by atoms with Gasteiger partial charge in [0.1, 0.15) is 5.82 Å². The SMILES string of the molecule is CNC1CCN(c2cc(-c3cccc(C(C)=O)c3)nc(N)n2)C1. The standard InChI is InChI=1S/C17H21N5O/c1-11(23)12-4-3-5-13(8-12)15-9-16(21-17(18)20-15)22-7-6-14(10-22)19-2/h3-5,8-9,14,19H,6-7,10H2,1-2H3,(H2,18,20,21). The van der Waals surface area contributed by atoms with Crippen molar-refractivity contribution in [1.82, 2.24) is 15.3 Å². The zero-order valence-corrected chi connectivity index (χ0v) is 13.4. The largest absolute Gasteiger partial charge is 0.368 e. The van der Waals surface area contributed by atoms with Gasteiger partial charge in [-0.05, 0) is 26.5 Å². The number of rotatable bonds is 4. The summed E-state index contributed by atoms with van der Waals surface area (Å²) in [7, 11) is 1.97. The molecule has 120 valence electrons. The van der Waals surface area contributed by atoms with Crippen molar-refractivity contribution < 1.29 is 4.79 Å². The summed E-state index contributed by atoms with van der Waals surface area (Å²) < 4.78 is 0. The highest BCUT2D eigenvalue weighted by Gasteiger charge is 2.23. The topological polar surface area (TPSA) is 84.1 Å². The van der Waals surface area contributed by atoms with Crippen molar-refractivity contribution in [2.75, 3.05) is 30.8 Å². The van der Waals surface area contributed by atoms with Gasteiger partial charge in [-0.3, -0.25) is 4.79 Å². The lowest BCUT2D eigenvalue weighted by atomic mass is 10.1. The van der Waals surface area contributed by atoms with Crippen LogP contribution in [0.3, 0.4) is 0 Å². The Kier molecular flexibility index (Phi) is 4.25. The molecule has 3 rings (SSSR count). The molecular weight excluding hydrogens is 290 g/mol. The van der Waals surface area contributed by atoms with E-state index >= 15 is 0 Å². The maximum absolute atomic E-state index is 11.6. The van der Waals surface area contributed by atoms with E-state index in [0.717, 1.165) is 36.6 Å². The number of anilines is 2. The zero-order valence-electron chi connectivity index (χ0n) is 13.4. The number of carbonyl (C=O) groups excluding carboxylic acids is 1. The molecule has 1 aliphatic heterocycles. The van der Waals surface area contributed by atoms with Crippen LogP contribution in [0.5, 0.6) is 0 Å². The summed E-state index contributed by atoms with van der Waals surface area (Å²) in [6.07, 6.45) is 1.08. The van der Waals surface area contributed by atoms with Crippen molar-refractivity contribution >= 4 is 17.5 Å². The van der Waals surface area contributed by atoms with E-state index < -0.39 is 0 Å². The van der Waals surface area contributed by atoms with Gasteiger partial charge in [0.15, 0.2) is 5.78 Å². The zero-order chi connectivity index (χ0) is 16.4. The first kappa shape index (κ1) is 15.4. The smallest absolute Gasteiger partial charge is 0.222 e. The Morgan fingerprint density at radius 2 is 2.17 bits per heavy atom. The molecule has 1 atom stereocenters. The van der Waals surface area contributed by atoms with Gasteiger partial charge in [0.05, 0.1) is 5.69 Å². The first-order valence-electron chi connectivity index (χ1n) is 7.75. The first-order chi connectivity index (χ1) is 11.1. The maximum Gasteiger partial charge on any atom is 0.222 e. The highest BCUT2D eigenvalue weighted by Crippen LogP contribution is 2.25. The van der Waals surface area contributed by atoms with Crippen molar-refractivity contribution in [3.05, 3.63) is 35.9 Å². The molecule has 1 aliphatic rings. The van der Waals surface area contributed by atoms with Crippen molar-refractivity contribution in [2.45, 2.75) is 19.4 Å². The number of nitrogens with zero attached hydrogens (tertiary/aromatic N) is 3. The van der Waals surface area contributed by atoms with E-state index in [1.807, 2.05) is 31.3 Å². The van der Waals surface area contributed by atoms with Crippen LogP contribution in [0.4, 0.5) is 11.8 Å². The van der Waals surface area contributed by atoms with Crippen LogP contribution in [0.1, 0.15) is 23.7 Å². The highest BCUT2D eigenvalue weighted by atomic mass is 16.1. The molecule has 0 radical (unpaired) electrons. The van der Waals surface area contributed by atoms with E-state index in [9.17, 15) is 4.79 Å². The van der Waals surface area contributed by atoms with Gasteiger partial charge >= 0.3 is 0 Å². The Balaban J connectivity index is 1.95. The number of nitrogen functional groups attached to an aromatic ring is 1. The summed E-state index contributed by atoms with van der Waals surface area (Å²) in [5, 5.41) is 3.29. The summed E-state index contributed by atoms with van der Waals surface area (Å²) >= 11 is 0. The molecule has 1 unspecified atom stereocenters. The Hall–Kier alpha value is -2.47. The van der Waals surface area contributed by atoms with Gasteiger partial charge in [0, 0.05) is 36.3 Å². The lowest BCUT2D eigenvalue weighted by Gasteiger charge is -2.18. The molecule has 23 heavy (non-hydrogen) atoms. The molecule has 0 spiro atoms. The number of ketones is 1. The normalized spacial score (nSPS) is 17.5. The number of hydrogen-bond donors (Lipinski definition) is 2. The molecule has 1 aromatic carbocycles. The number of Topliss-reactive ketones (excluding diaryl/α,β-unsaturated/α-hetero) is 1. The van der Waals surface area contributed by atoms with Crippen LogP contribution < -0.4 is 16.0 Å². The van der Waals surface area contributed by atoms with Crippen molar-refractivity contribution in [3.8, 4) is 11.3 Å². The second kappa shape index (κ2) is 6.34. The Bertz CT molecular complexity index is 731. The van der Waals surface area contributed by atoms with Crippen molar-refractivity contribution in [3.63, 3.8) is 0 Å². The van der Waals surface area contributed by atoms with Crippen LogP contribution in [0.15, 0.2) is 30.3 Å². The highest BCUT2D eigenvalue weighted by molar-refractivity contribution is 5.95. The van der Waals surface area contributed by atoms with Gasteiger partial charge in [-0.25, -0.2) is 4.98 Å². The van der Waals surface area contributed by atoms with E-state index in [1.54, 1.807) is 13.0 Å². The third-order valence-electron chi connectivity index (χ3n) is 4.22. The molecule has 6 heteroatoms. The van der Waals surface area contributed by atoms with Crippen molar-refractivity contribution in [2.24, 2.45) is 0 Å². The van der Waals surface area contributed by atoms with Gasteiger partial charge < -0.3 is 16.0 Å². The van der Waals surface area contributed by atoms with Crippen LogP contribution in [0, 0.1) is 0 Å². The fourth-order valence-corrected chi connectivity index (χ4v) is 2.86. The van der Waals surface area contributed by atoms with E-state index in [0.29, 0.717) is 11.6 Å². The molecule has 1 saturated heterocycles. The van der Waals surface area contributed by atoms with Gasteiger partial charge in [-0.15, -0.1) is 0 Å². The average molecular weight is 311 g/mol. The summed E-state index contributed by atoms with van der Waals surface area (Å²) in [5.74, 6) is 1.11. The average Bonchev–Trinajstić information content (AvgIpc) is 3.03. The lowest BCUT2D eigenvalue weighted by molar-refractivity contribution is 0.101. The number of benzene rings is 1. The molecule has 1 aromatic heterocycles. The molecule has 1 fully saturated rings. The van der Waals surface area contributed by atoms with E-state index in [2.05, 4.69) is 20.2 Å². The summed E-state index contributed by atoms with van der Waals surface area (Å²) in [6, 6.07) is 9.84. The number of likely N-dealkylation sites (N-methyl/N-ethyl adjacent to an activating group) is 1. The first-order valence-corrected chi connectivity index (χ1v) is 7.75.